The second kappa shape index (κ2) is 5.97. The summed E-state index contributed by atoms with van der Waals surface area (Å²) in [7, 11) is 0. The number of nitrogens with zero attached hydrogens (tertiary/aromatic N) is 5. The van der Waals surface area contributed by atoms with Crippen LogP contribution >= 0.6 is 0 Å². The van der Waals surface area contributed by atoms with Gasteiger partial charge in [0.05, 0.1) is 16.3 Å². The fourth-order valence-electron chi connectivity index (χ4n) is 3.39. The SMILES string of the molecule is Cc1ccc(N2C(=O)C3N=NN(c4ccc([N+](=O)[O-])cc4)C3C2=O)c(C)c1. The molecule has 2 heterocycles. The van der Waals surface area contributed by atoms with E-state index in [4.69, 9.17) is 0 Å². The number of carbonyl (C=O) groups is 2. The molecule has 2 aliphatic rings. The van der Waals surface area contributed by atoms with Crippen molar-refractivity contribution in [3.05, 3.63) is 63.7 Å². The van der Waals surface area contributed by atoms with Gasteiger partial charge in [-0.15, -0.1) is 0 Å². The third kappa shape index (κ3) is 2.55. The number of aryl methyl sites for hydroxylation is 2. The minimum absolute atomic E-state index is 0.0721. The van der Waals surface area contributed by atoms with Crippen LogP contribution in [0.25, 0.3) is 0 Å². The Morgan fingerprint density at radius 1 is 1.04 bits per heavy atom. The van der Waals surface area contributed by atoms with Crippen LogP contribution in [0.1, 0.15) is 11.1 Å². The molecule has 1 saturated heterocycles. The van der Waals surface area contributed by atoms with Gasteiger partial charge in [0.2, 0.25) is 0 Å². The summed E-state index contributed by atoms with van der Waals surface area (Å²) in [5.74, 6) is -0.842. The van der Waals surface area contributed by atoms with Gasteiger partial charge < -0.3 is 0 Å². The highest BCUT2D eigenvalue weighted by Gasteiger charge is 2.55. The lowest BCUT2D eigenvalue weighted by atomic mass is 10.1. The molecule has 1 fully saturated rings. The Bertz CT molecular complexity index is 1000. The van der Waals surface area contributed by atoms with E-state index in [1.807, 2.05) is 26.0 Å². The molecule has 2 aromatic carbocycles. The molecule has 2 atom stereocenters. The topological polar surface area (TPSA) is 108 Å². The highest BCUT2D eigenvalue weighted by molar-refractivity contribution is 6.26. The maximum atomic E-state index is 13.0. The predicted molar refractivity (Wildman–Crippen MR) is 96.4 cm³/mol. The van der Waals surface area contributed by atoms with Gasteiger partial charge in [-0.2, -0.15) is 5.11 Å². The monoisotopic (exact) mass is 365 g/mol. The molecule has 136 valence electrons. The van der Waals surface area contributed by atoms with Crippen LogP contribution in [0, 0.1) is 24.0 Å². The lowest BCUT2D eigenvalue weighted by Crippen LogP contribution is -2.40. The molecular formula is C18H15N5O4. The third-order valence-corrected chi connectivity index (χ3v) is 4.70. The van der Waals surface area contributed by atoms with Crippen molar-refractivity contribution in [1.82, 2.24) is 0 Å². The number of non-ortho nitro benzene ring substituents is 1. The lowest BCUT2D eigenvalue weighted by molar-refractivity contribution is -0.384. The molecule has 9 heteroatoms. The van der Waals surface area contributed by atoms with Crippen LogP contribution in [0.15, 0.2) is 52.8 Å². The highest BCUT2D eigenvalue weighted by atomic mass is 16.6. The first-order valence-electron chi connectivity index (χ1n) is 8.28. The largest absolute Gasteiger partial charge is 0.271 e. The second-order valence-electron chi connectivity index (χ2n) is 6.51. The summed E-state index contributed by atoms with van der Waals surface area (Å²) in [6.07, 6.45) is 0. The van der Waals surface area contributed by atoms with E-state index in [9.17, 15) is 19.7 Å². The van der Waals surface area contributed by atoms with Gasteiger partial charge in [0.15, 0.2) is 12.1 Å². The smallest absolute Gasteiger partial charge is 0.269 e. The van der Waals surface area contributed by atoms with E-state index in [0.29, 0.717) is 11.4 Å². The molecule has 0 spiro atoms. The van der Waals surface area contributed by atoms with Crippen LogP contribution in [-0.2, 0) is 9.59 Å². The van der Waals surface area contributed by atoms with Crippen molar-refractivity contribution in [1.29, 1.82) is 0 Å². The molecule has 2 unspecified atom stereocenters. The first-order valence-corrected chi connectivity index (χ1v) is 8.28. The number of nitro benzene ring substituents is 1. The van der Waals surface area contributed by atoms with E-state index < -0.39 is 28.8 Å². The maximum Gasteiger partial charge on any atom is 0.269 e. The molecule has 2 aromatic rings. The maximum absolute atomic E-state index is 13.0. The van der Waals surface area contributed by atoms with Gasteiger partial charge >= 0.3 is 0 Å². The molecule has 9 nitrogen and oxygen atoms in total. The number of fused-ring (bicyclic) bond motifs is 1. The van der Waals surface area contributed by atoms with E-state index in [1.54, 1.807) is 6.07 Å². The predicted octanol–water partition coefficient (Wildman–Crippen LogP) is 2.71. The number of nitro groups is 1. The fourth-order valence-corrected chi connectivity index (χ4v) is 3.39. The molecule has 2 amide bonds. The Kier molecular flexibility index (Phi) is 3.72. The number of hydrogen-bond donors (Lipinski definition) is 0. The standard InChI is InChI=1S/C18H15N5O4/c1-10-3-8-14(11(2)9-10)21-17(24)15-16(18(21)25)22(20-19-15)12-4-6-13(7-5-12)23(26)27/h3-9,15-16H,1-2H3. The number of anilines is 2. The summed E-state index contributed by atoms with van der Waals surface area (Å²) >= 11 is 0. The van der Waals surface area contributed by atoms with Crippen molar-refractivity contribution >= 4 is 28.9 Å². The number of rotatable bonds is 3. The van der Waals surface area contributed by atoms with Crippen molar-refractivity contribution in [2.75, 3.05) is 9.91 Å². The normalized spacial score (nSPS) is 21.1. The Hall–Kier alpha value is -3.62. The van der Waals surface area contributed by atoms with Crippen LogP contribution in [0.3, 0.4) is 0 Å². The molecule has 0 N–H and O–H groups in total. The zero-order valence-corrected chi connectivity index (χ0v) is 14.6. The van der Waals surface area contributed by atoms with Crippen molar-refractivity contribution in [3.63, 3.8) is 0 Å². The third-order valence-electron chi connectivity index (χ3n) is 4.70. The second-order valence-corrected chi connectivity index (χ2v) is 6.51. The Labute approximate surface area is 154 Å². The number of benzene rings is 2. The summed E-state index contributed by atoms with van der Waals surface area (Å²) < 4.78 is 0. The van der Waals surface area contributed by atoms with Crippen LogP contribution < -0.4 is 9.91 Å². The molecule has 0 bridgehead atoms. The van der Waals surface area contributed by atoms with E-state index in [1.165, 1.54) is 29.3 Å². The Balaban J connectivity index is 1.68. The number of hydrogen-bond acceptors (Lipinski definition) is 7. The van der Waals surface area contributed by atoms with Crippen LogP contribution in [-0.4, -0.2) is 28.8 Å². The van der Waals surface area contributed by atoms with E-state index >= 15 is 0 Å². The molecule has 0 saturated carbocycles. The summed E-state index contributed by atoms with van der Waals surface area (Å²) in [5, 5.41) is 20.1. The summed E-state index contributed by atoms with van der Waals surface area (Å²) in [6, 6.07) is 9.28. The highest BCUT2D eigenvalue weighted by Crippen LogP contribution is 2.36. The van der Waals surface area contributed by atoms with Gasteiger partial charge in [-0.05, 0) is 37.6 Å². The van der Waals surface area contributed by atoms with E-state index in [0.717, 1.165) is 16.0 Å². The zero-order valence-electron chi connectivity index (χ0n) is 14.6. The Morgan fingerprint density at radius 3 is 2.37 bits per heavy atom. The summed E-state index contributed by atoms with van der Waals surface area (Å²) in [5.41, 5.74) is 2.76. The van der Waals surface area contributed by atoms with Gasteiger partial charge in [-0.25, -0.2) is 9.91 Å². The minimum atomic E-state index is -0.923. The molecule has 0 radical (unpaired) electrons. The molecule has 0 aromatic heterocycles. The minimum Gasteiger partial charge on any atom is -0.271 e. The first-order chi connectivity index (χ1) is 12.9. The zero-order chi connectivity index (χ0) is 19.3. The van der Waals surface area contributed by atoms with Gasteiger partial charge in [0.25, 0.3) is 17.5 Å². The summed E-state index contributed by atoms with van der Waals surface area (Å²) in [6.45, 7) is 3.77. The van der Waals surface area contributed by atoms with Crippen LogP contribution in [0.4, 0.5) is 17.1 Å². The van der Waals surface area contributed by atoms with Crippen LogP contribution in [0.2, 0.25) is 0 Å². The van der Waals surface area contributed by atoms with Crippen LogP contribution in [0.5, 0.6) is 0 Å². The number of imide groups is 1. The fraction of sp³-hybridized carbons (Fsp3) is 0.222. The molecule has 27 heavy (non-hydrogen) atoms. The van der Waals surface area contributed by atoms with Gasteiger partial charge in [0, 0.05) is 12.1 Å². The van der Waals surface area contributed by atoms with E-state index in [2.05, 4.69) is 10.3 Å². The number of carbonyl (C=O) groups excluding carboxylic acids is 2. The van der Waals surface area contributed by atoms with Crippen molar-refractivity contribution in [2.45, 2.75) is 25.9 Å². The first kappa shape index (κ1) is 16.8. The van der Waals surface area contributed by atoms with Crippen molar-refractivity contribution < 1.29 is 14.5 Å². The average Bonchev–Trinajstić information content (AvgIpc) is 3.17. The van der Waals surface area contributed by atoms with Gasteiger partial charge in [-0.3, -0.25) is 19.7 Å². The summed E-state index contributed by atoms with van der Waals surface area (Å²) in [4.78, 5) is 37.3. The molecular weight excluding hydrogens is 350 g/mol. The van der Waals surface area contributed by atoms with Gasteiger partial charge in [-0.1, -0.05) is 22.9 Å². The van der Waals surface area contributed by atoms with Crippen molar-refractivity contribution in [2.24, 2.45) is 10.3 Å². The molecule has 2 aliphatic heterocycles. The van der Waals surface area contributed by atoms with E-state index in [-0.39, 0.29) is 5.69 Å². The number of amides is 2. The quantitative estimate of drug-likeness (QED) is 0.472. The van der Waals surface area contributed by atoms with Crippen molar-refractivity contribution in [3.8, 4) is 0 Å². The molecule has 4 rings (SSSR count). The van der Waals surface area contributed by atoms with Gasteiger partial charge in [0.1, 0.15) is 0 Å². The average molecular weight is 365 g/mol. The Morgan fingerprint density at radius 2 is 1.74 bits per heavy atom. The lowest BCUT2D eigenvalue weighted by Gasteiger charge is -2.21. The molecule has 0 aliphatic carbocycles.